The van der Waals surface area contributed by atoms with Gasteiger partial charge in [-0.05, 0) is 88.5 Å². The highest BCUT2D eigenvalue weighted by atomic mass is 28.4. The van der Waals surface area contributed by atoms with E-state index in [1.54, 1.807) is 0 Å². The first-order valence-electron chi connectivity index (χ1n) is 14.9. The van der Waals surface area contributed by atoms with Crippen molar-refractivity contribution in [2.75, 3.05) is 13.2 Å². The molecule has 0 aliphatic heterocycles. The number of hydrogen-bond acceptors (Lipinski definition) is 4. The van der Waals surface area contributed by atoms with Gasteiger partial charge in [-0.2, -0.15) is 0 Å². The Morgan fingerprint density at radius 3 is 2.33 bits per heavy atom. The Balaban J connectivity index is 1.78. The summed E-state index contributed by atoms with van der Waals surface area (Å²) in [5.41, 5.74) is 1.21. The largest absolute Gasteiger partial charge is 0.490 e. The molecule has 8 heteroatoms. The Morgan fingerprint density at radius 1 is 1.05 bits per heavy atom. The zero-order valence-corrected chi connectivity index (χ0v) is 28.4. The van der Waals surface area contributed by atoms with Crippen LogP contribution in [-0.2, 0) is 9.16 Å². The summed E-state index contributed by atoms with van der Waals surface area (Å²) in [5, 5.41) is 1.12. The van der Waals surface area contributed by atoms with Crippen molar-refractivity contribution in [3.63, 3.8) is 0 Å². The Hall–Kier alpha value is -1.78. The first kappa shape index (κ1) is 31.7. The maximum absolute atomic E-state index is 13.6. The van der Waals surface area contributed by atoms with Crippen LogP contribution < -0.4 is 4.74 Å². The van der Waals surface area contributed by atoms with Crippen molar-refractivity contribution in [1.82, 2.24) is 9.13 Å². The first-order chi connectivity index (χ1) is 18.1. The van der Waals surface area contributed by atoms with Gasteiger partial charge in [0.15, 0.2) is 16.6 Å². The third-order valence-corrected chi connectivity index (χ3v) is 10.7. The number of hydrogen-bond donors (Lipinski definition) is 0. The molecule has 1 fully saturated rings. The number of carbonyl (C=O) groups excluding carboxylic acids is 1. The second-order valence-electron chi connectivity index (χ2n) is 14.2. The lowest BCUT2D eigenvalue weighted by molar-refractivity contribution is -0.0208. The van der Waals surface area contributed by atoms with E-state index >= 15 is 0 Å². The van der Waals surface area contributed by atoms with Crippen LogP contribution in [-0.4, -0.2) is 63.2 Å². The van der Waals surface area contributed by atoms with Gasteiger partial charge in [0.05, 0.1) is 12.6 Å². The third-order valence-electron chi connectivity index (χ3n) is 7.83. The monoisotopic (exact) mass is 574 g/mol. The van der Waals surface area contributed by atoms with Crippen LogP contribution in [0.15, 0.2) is 30.5 Å². The summed E-state index contributed by atoms with van der Waals surface area (Å²) in [4.78, 5) is 15.4. The lowest BCUT2D eigenvalue weighted by Crippen LogP contribution is -2.49. The molecule has 1 saturated carbocycles. The molecule has 1 aromatic carbocycles. The van der Waals surface area contributed by atoms with Gasteiger partial charge in [-0.15, -0.1) is 0 Å². The van der Waals surface area contributed by atoms with Crippen LogP contribution in [0.1, 0.15) is 53.9 Å². The number of carbonyl (C=O) groups is 1. The number of ether oxygens (including phenoxy) is 2. The number of nitrogens with zero attached hydrogens (tertiary/aromatic N) is 2. The Morgan fingerprint density at radius 2 is 1.74 bits per heavy atom. The van der Waals surface area contributed by atoms with Crippen LogP contribution in [0.25, 0.3) is 10.9 Å². The van der Waals surface area contributed by atoms with Crippen LogP contribution in [0.5, 0.6) is 5.75 Å². The van der Waals surface area contributed by atoms with Gasteiger partial charge in [0.25, 0.3) is 0 Å². The maximum Gasteiger partial charge on any atom is 0.410 e. The molecule has 0 radical (unpaired) electrons. The van der Waals surface area contributed by atoms with E-state index in [-0.39, 0.29) is 24.3 Å². The lowest BCUT2D eigenvalue weighted by atomic mass is 9.75. The summed E-state index contributed by atoms with van der Waals surface area (Å²) in [6.45, 7) is 25.3. The molecule has 4 atom stereocenters. The summed E-state index contributed by atoms with van der Waals surface area (Å²) in [6.07, 6.45) is 4.97. The average molecular weight is 575 g/mol. The van der Waals surface area contributed by atoms with Crippen molar-refractivity contribution in [2.45, 2.75) is 111 Å². The molecule has 0 bridgehead atoms. The predicted octanol–water partition coefficient (Wildman–Crippen LogP) is 8.23. The molecule has 6 nitrogen and oxygen atoms in total. The van der Waals surface area contributed by atoms with Crippen molar-refractivity contribution in [1.29, 1.82) is 0 Å². The van der Waals surface area contributed by atoms with E-state index in [2.05, 4.69) is 103 Å². The average Bonchev–Trinajstić information content (AvgIpc) is 3.25. The molecule has 3 rings (SSSR count). The minimum absolute atomic E-state index is 0.00189. The standard InChI is InChI=1S/C31H54N2O4Si2/c1-22(2)26-16-15-24(5)19-30(26)36-31(34)32(23(3)4)20-25(37-39(9,10)11)21-35-29-14-12-13-28-27(29)17-18-33(28)38(6,7)8/h12-14,17-18,22-26,30H,15-16,19-21H2,1-11H3/t24-,25?,26+,30-/m1/s1. The van der Waals surface area contributed by atoms with E-state index in [0.29, 0.717) is 30.9 Å². The van der Waals surface area contributed by atoms with Gasteiger partial charge in [-0.25, -0.2) is 4.79 Å². The molecule has 0 saturated heterocycles. The third kappa shape index (κ3) is 8.60. The van der Waals surface area contributed by atoms with Crippen LogP contribution in [0.3, 0.4) is 0 Å². The van der Waals surface area contributed by atoms with Gasteiger partial charge in [-0.3, -0.25) is 0 Å². The summed E-state index contributed by atoms with van der Waals surface area (Å²) in [5.74, 6) is 2.36. The molecule has 1 aromatic heterocycles. The van der Waals surface area contributed by atoms with Gasteiger partial charge < -0.3 is 23.0 Å². The molecule has 1 aliphatic rings. The number of rotatable bonds is 11. The molecule has 1 heterocycles. The van der Waals surface area contributed by atoms with Gasteiger partial charge in [0.2, 0.25) is 0 Å². The highest BCUT2D eigenvalue weighted by Gasteiger charge is 2.36. The van der Waals surface area contributed by atoms with Gasteiger partial charge in [-0.1, -0.05) is 52.9 Å². The van der Waals surface area contributed by atoms with Crippen molar-refractivity contribution >= 4 is 33.5 Å². The van der Waals surface area contributed by atoms with E-state index < -0.39 is 16.6 Å². The van der Waals surface area contributed by atoms with Crippen LogP contribution >= 0.6 is 0 Å². The van der Waals surface area contributed by atoms with Crippen LogP contribution in [0, 0.1) is 17.8 Å². The van der Waals surface area contributed by atoms with Crippen molar-refractivity contribution in [3.8, 4) is 5.75 Å². The number of fused-ring (bicyclic) bond motifs is 1. The zero-order valence-electron chi connectivity index (χ0n) is 26.4. The molecule has 0 N–H and O–H groups in total. The maximum atomic E-state index is 13.6. The van der Waals surface area contributed by atoms with E-state index in [9.17, 15) is 4.79 Å². The van der Waals surface area contributed by atoms with E-state index in [1.165, 1.54) is 11.9 Å². The van der Waals surface area contributed by atoms with Crippen LogP contribution in [0.4, 0.5) is 4.79 Å². The van der Waals surface area contributed by atoms with Gasteiger partial charge in [0, 0.05) is 16.9 Å². The molecular weight excluding hydrogens is 521 g/mol. The second-order valence-corrected chi connectivity index (χ2v) is 23.5. The molecule has 2 aromatic rings. The van der Waals surface area contributed by atoms with Crippen molar-refractivity contribution < 1.29 is 18.7 Å². The topological polar surface area (TPSA) is 52.9 Å². The Bertz CT molecular complexity index is 1090. The number of amides is 1. The van der Waals surface area contributed by atoms with E-state index in [4.69, 9.17) is 13.9 Å². The highest BCUT2D eigenvalue weighted by molar-refractivity contribution is 6.75. The minimum atomic E-state index is -1.90. The quantitative estimate of drug-likeness (QED) is 0.254. The zero-order chi connectivity index (χ0) is 29.1. The Kier molecular flexibility index (Phi) is 10.4. The fraction of sp³-hybridized carbons (Fsp3) is 0.710. The molecule has 1 aliphatic carbocycles. The predicted molar refractivity (Wildman–Crippen MR) is 168 cm³/mol. The summed E-state index contributed by atoms with van der Waals surface area (Å²) < 4.78 is 21.7. The number of benzene rings is 1. The molecule has 39 heavy (non-hydrogen) atoms. The van der Waals surface area contributed by atoms with Gasteiger partial charge in [0.1, 0.15) is 18.5 Å². The van der Waals surface area contributed by atoms with Crippen LogP contribution in [0.2, 0.25) is 39.3 Å². The van der Waals surface area contributed by atoms with E-state index in [0.717, 1.165) is 24.0 Å². The minimum Gasteiger partial charge on any atom is -0.490 e. The van der Waals surface area contributed by atoms with E-state index in [1.807, 2.05) is 11.0 Å². The number of aromatic nitrogens is 1. The van der Waals surface area contributed by atoms with Crippen molar-refractivity contribution in [2.24, 2.45) is 17.8 Å². The molecule has 0 spiro atoms. The smallest absolute Gasteiger partial charge is 0.410 e. The molecular formula is C31H54N2O4Si2. The lowest BCUT2D eigenvalue weighted by Gasteiger charge is -2.39. The molecule has 1 amide bonds. The van der Waals surface area contributed by atoms with Gasteiger partial charge >= 0.3 is 6.09 Å². The molecule has 1 unspecified atom stereocenters. The first-order valence-corrected chi connectivity index (χ1v) is 21.8. The van der Waals surface area contributed by atoms with Crippen molar-refractivity contribution in [3.05, 3.63) is 30.5 Å². The normalized spacial score (nSPS) is 21.4. The second kappa shape index (κ2) is 12.8. The summed E-state index contributed by atoms with van der Waals surface area (Å²) in [6, 6.07) is 8.43. The summed E-state index contributed by atoms with van der Waals surface area (Å²) in [7, 11) is -3.45. The fourth-order valence-electron chi connectivity index (χ4n) is 5.82. The summed E-state index contributed by atoms with van der Waals surface area (Å²) >= 11 is 0. The Labute approximate surface area is 239 Å². The SMILES string of the molecule is CC(C)[C@@H]1CC[C@@H](C)C[C@H]1OC(=O)N(CC(COc1cccc2c1ccn2[Si](C)(C)C)O[Si](C)(C)C)C(C)C. The molecule has 220 valence electrons. The fourth-order valence-corrected chi connectivity index (χ4v) is 8.40. The highest BCUT2D eigenvalue weighted by Crippen LogP contribution is 2.36.